The standard InChI is InChI=1S/C13H18N2S/c1-10(13(2,3)4)14-15-12(16)11-8-6-5-7-9-11/h5-9H,1-4H3,(H,15,16). The van der Waals surface area contributed by atoms with E-state index in [1.54, 1.807) is 0 Å². The Labute approximate surface area is 103 Å². The van der Waals surface area contributed by atoms with E-state index in [1.807, 2.05) is 37.3 Å². The van der Waals surface area contributed by atoms with Crippen LogP contribution in [0.5, 0.6) is 0 Å². The Morgan fingerprint density at radius 3 is 2.25 bits per heavy atom. The smallest absolute Gasteiger partial charge is 0.126 e. The van der Waals surface area contributed by atoms with Gasteiger partial charge in [-0.2, -0.15) is 5.10 Å². The van der Waals surface area contributed by atoms with Gasteiger partial charge in [0.05, 0.1) is 0 Å². The van der Waals surface area contributed by atoms with Crippen molar-refractivity contribution < 1.29 is 0 Å². The zero-order valence-electron chi connectivity index (χ0n) is 10.2. The third kappa shape index (κ3) is 3.74. The maximum absolute atomic E-state index is 5.24. The van der Waals surface area contributed by atoms with Crippen LogP contribution < -0.4 is 5.43 Å². The van der Waals surface area contributed by atoms with Gasteiger partial charge < -0.3 is 0 Å². The lowest BCUT2D eigenvalue weighted by Gasteiger charge is -2.17. The van der Waals surface area contributed by atoms with Gasteiger partial charge in [0.15, 0.2) is 0 Å². The molecule has 0 radical (unpaired) electrons. The van der Waals surface area contributed by atoms with Gasteiger partial charge in [0.2, 0.25) is 0 Å². The molecule has 0 unspecified atom stereocenters. The van der Waals surface area contributed by atoms with Gasteiger partial charge in [-0.1, -0.05) is 63.3 Å². The van der Waals surface area contributed by atoms with Gasteiger partial charge in [0.1, 0.15) is 4.99 Å². The second-order valence-electron chi connectivity index (χ2n) is 4.75. The number of hydrogen-bond acceptors (Lipinski definition) is 2. The summed E-state index contributed by atoms with van der Waals surface area (Å²) in [4.78, 5) is 0.657. The number of nitrogens with one attached hydrogen (secondary N) is 1. The lowest BCUT2D eigenvalue weighted by molar-refractivity contribution is 0.583. The Balaban J connectivity index is 2.67. The molecule has 0 fully saturated rings. The van der Waals surface area contributed by atoms with E-state index in [4.69, 9.17) is 12.2 Å². The quantitative estimate of drug-likeness (QED) is 0.482. The molecule has 1 aromatic carbocycles. The first-order chi connectivity index (χ1) is 7.41. The van der Waals surface area contributed by atoms with Crippen LogP contribution in [0.2, 0.25) is 0 Å². The van der Waals surface area contributed by atoms with Crippen LogP contribution in [0.15, 0.2) is 35.4 Å². The van der Waals surface area contributed by atoms with Crippen molar-refractivity contribution in [3.05, 3.63) is 35.9 Å². The van der Waals surface area contributed by atoms with Crippen molar-refractivity contribution in [2.75, 3.05) is 0 Å². The molecule has 0 aliphatic heterocycles. The SMILES string of the molecule is CC(=NNC(=S)c1ccccc1)C(C)(C)C. The highest BCUT2D eigenvalue weighted by Gasteiger charge is 2.14. The zero-order valence-corrected chi connectivity index (χ0v) is 11.1. The summed E-state index contributed by atoms with van der Waals surface area (Å²) in [6.07, 6.45) is 0. The molecule has 0 aliphatic rings. The van der Waals surface area contributed by atoms with Crippen LogP contribution in [0.3, 0.4) is 0 Å². The highest BCUT2D eigenvalue weighted by atomic mass is 32.1. The molecule has 0 saturated carbocycles. The molecule has 3 heteroatoms. The molecule has 0 aromatic heterocycles. The van der Waals surface area contributed by atoms with E-state index >= 15 is 0 Å². The van der Waals surface area contributed by atoms with Crippen molar-refractivity contribution in [1.82, 2.24) is 5.43 Å². The Bertz CT molecular complexity index is 388. The molecule has 86 valence electrons. The van der Waals surface area contributed by atoms with Crippen molar-refractivity contribution in [1.29, 1.82) is 0 Å². The lowest BCUT2D eigenvalue weighted by Crippen LogP contribution is -2.23. The molecule has 1 aromatic rings. The largest absolute Gasteiger partial charge is 0.267 e. The predicted octanol–water partition coefficient (Wildman–Crippen LogP) is 3.37. The maximum atomic E-state index is 5.24. The summed E-state index contributed by atoms with van der Waals surface area (Å²) >= 11 is 5.24. The highest BCUT2D eigenvalue weighted by Crippen LogP contribution is 2.14. The Morgan fingerprint density at radius 1 is 1.19 bits per heavy atom. The summed E-state index contributed by atoms with van der Waals surface area (Å²) in [6, 6.07) is 9.83. The van der Waals surface area contributed by atoms with E-state index in [0.717, 1.165) is 11.3 Å². The molecular weight excluding hydrogens is 216 g/mol. The van der Waals surface area contributed by atoms with Gasteiger partial charge >= 0.3 is 0 Å². The summed E-state index contributed by atoms with van der Waals surface area (Å²) in [6.45, 7) is 8.37. The van der Waals surface area contributed by atoms with Crippen molar-refractivity contribution in [2.45, 2.75) is 27.7 Å². The van der Waals surface area contributed by atoms with E-state index in [9.17, 15) is 0 Å². The minimum atomic E-state index is 0.0688. The van der Waals surface area contributed by atoms with Crippen LogP contribution in [0.1, 0.15) is 33.3 Å². The summed E-state index contributed by atoms with van der Waals surface area (Å²) in [7, 11) is 0. The van der Waals surface area contributed by atoms with Gasteiger partial charge in [0, 0.05) is 16.7 Å². The summed E-state index contributed by atoms with van der Waals surface area (Å²) in [5.74, 6) is 0. The Morgan fingerprint density at radius 2 is 1.75 bits per heavy atom. The zero-order chi connectivity index (χ0) is 12.2. The van der Waals surface area contributed by atoms with Crippen molar-refractivity contribution in [2.24, 2.45) is 10.5 Å². The van der Waals surface area contributed by atoms with Crippen molar-refractivity contribution in [3.63, 3.8) is 0 Å². The lowest BCUT2D eigenvalue weighted by atomic mass is 9.91. The Hall–Kier alpha value is -1.22. The van der Waals surface area contributed by atoms with Gasteiger partial charge in [-0.3, -0.25) is 5.43 Å². The third-order valence-corrected chi connectivity index (χ3v) is 2.77. The summed E-state index contributed by atoms with van der Waals surface area (Å²) in [5, 5.41) is 4.30. The molecule has 0 aliphatic carbocycles. The van der Waals surface area contributed by atoms with Gasteiger partial charge in [-0.05, 0) is 6.92 Å². The first-order valence-electron chi connectivity index (χ1n) is 5.31. The van der Waals surface area contributed by atoms with Gasteiger partial charge in [0.25, 0.3) is 0 Å². The van der Waals surface area contributed by atoms with E-state index in [2.05, 4.69) is 31.3 Å². The molecule has 0 atom stereocenters. The molecule has 16 heavy (non-hydrogen) atoms. The van der Waals surface area contributed by atoms with Crippen LogP contribution in [-0.2, 0) is 0 Å². The first-order valence-corrected chi connectivity index (χ1v) is 5.72. The fourth-order valence-electron chi connectivity index (χ4n) is 0.956. The normalized spacial score (nSPS) is 12.4. The molecule has 0 amide bonds. The maximum Gasteiger partial charge on any atom is 0.126 e. The number of rotatable bonds is 2. The second-order valence-corrected chi connectivity index (χ2v) is 5.16. The minimum Gasteiger partial charge on any atom is -0.267 e. The molecule has 2 nitrogen and oxygen atoms in total. The van der Waals surface area contributed by atoms with E-state index in [0.29, 0.717) is 4.99 Å². The number of hydrazone groups is 1. The Kier molecular flexibility index (Phi) is 4.19. The average molecular weight is 234 g/mol. The number of thiocarbonyl (C=S) groups is 1. The first kappa shape index (κ1) is 12.8. The summed E-state index contributed by atoms with van der Waals surface area (Å²) in [5.41, 5.74) is 5.02. The number of nitrogens with zero attached hydrogens (tertiary/aromatic N) is 1. The van der Waals surface area contributed by atoms with Gasteiger partial charge in [-0.15, -0.1) is 0 Å². The summed E-state index contributed by atoms with van der Waals surface area (Å²) < 4.78 is 0. The molecule has 1 N–H and O–H groups in total. The van der Waals surface area contributed by atoms with E-state index < -0.39 is 0 Å². The van der Waals surface area contributed by atoms with Crippen molar-refractivity contribution >= 4 is 22.9 Å². The van der Waals surface area contributed by atoms with Crippen LogP contribution in [0.25, 0.3) is 0 Å². The van der Waals surface area contributed by atoms with E-state index in [1.165, 1.54) is 0 Å². The number of hydrogen-bond donors (Lipinski definition) is 1. The van der Waals surface area contributed by atoms with Crippen LogP contribution in [0, 0.1) is 5.41 Å². The molecule has 0 spiro atoms. The topological polar surface area (TPSA) is 24.4 Å². The van der Waals surface area contributed by atoms with Crippen molar-refractivity contribution in [3.8, 4) is 0 Å². The van der Waals surface area contributed by atoms with E-state index in [-0.39, 0.29) is 5.41 Å². The molecular formula is C13H18N2S. The molecule has 1 rings (SSSR count). The van der Waals surface area contributed by atoms with Crippen LogP contribution >= 0.6 is 12.2 Å². The average Bonchev–Trinajstić information content (AvgIpc) is 2.25. The fraction of sp³-hybridized carbons (Fsp3) is 0.385. The van der Waals surface area contributed by atoms with Crippen LogP contribution in [0.4, 0.5) is 0 Å². The molecule has 0 heterocycles. The molecule has 0 bridgehead atoms. The predicted molar refractivity (Wildman–Crippen MR) is 73.8 cm³/mol. The number of benzene rings is 1. The third-order valence-electron chi connectivity index (χ3n) is 2.45. The second kappa shape index (κ2) is 5.21. The van der Waals surface area contributed by atoms with Gasteiger partial charge in [-0.25, -0.2) is 0 Å². The monoisotopic (exact) mass is 234 g/mol. The van der Waals surface area contributed by atoms with Crippen LogP contribution in [-0.4, -0.2) is 10.7 Å². The minimum absolute atomic E-state index is 0.0688. The molecule has 0 saturated heterocycles. The fourth-order valence-corrected chi connectivity index (χ4v) is 1.14. The highest BCUT2D eigenvalue weighted by molar-refractivity contribution is 7.80.